The van der Waals surface area contributed by atoms with Gasteiger partial charge in [-0.05, 0) is 50.8 Å². The van der Waals surface area contributed by atoms with E-state index in [4.69, 9.17) is 4.74 Å². The third kappa shape index (κ3) is 5.50. The number of methoxy groups -OCH3 is 1. The molecule has 3 rings (SSSR count). The largest absolute Gasteiger partial charge is 0.383 e. The fourth-order valence-electron chi connectivity index (χ4n) is 4.43. The SMILES string of the molecule is COCCN(CC1CCN(Cc2ccccc2F)CC1)C1CCCC1. The Morgan fingerprint density at radius 3 is 2.52 bits per heavy atom. The van der Waals surface area contributed by atoms with Crippen LogP contribution in [-0.4, -0.2) is 55.7 Å². The highest BCUT2D eigenvalue weighted by Gasteiger charge is 2.27. The van der Waals surface area contributed by atoms with Gasteiger partial charge in [0.05, 0.1) is 6.61 Å². The van der Waals surface area contributed by atoms with Gasteiger partial charge in [-0.1, -0.05) is 31.0 Å². The van der Waals surface area contributed by atoms with E-state index in [1.54, 1.807) is 19.2 Å². The Kier molecular flexibility index (Phi) is 7.26. The Balaban J connectivity index is 1.46. The third-order valence-electron chi connectivity index (χ3n) is 5.98. The lowest BCUT2D eigenvalue weighted by Gasteiger charge is -2.37. The van der Waals surface area contributed by atoms with E-state index in [1.165, 1.54) is 45.1 Å². The zero-order chi connectivity index (χ0) is 17.5. The summed E-state index contributed by atoms with van der Waals surface area (Å²) in [6, 6.07) is 7.95. The molecule has 0 spiro atoms. The number of nitrogens with zero attached hydrogens (tertiary/aromatic N) is 2. The minimum atomic E-state index is -0.0726. The molecule has 3 nitrogen and oxygen atoms in total. The summed E-state index contributed by atoms with van der Waals surface area (Å²) in [6.45, 7) is 6.03. The number of hydrogen-bond acceptors (Lipinski definition) is 3. The van der Waals surface area contributed by atoms with Gasteiger partial charge < -0.3 is 4.74 Å². The lowest BCUT2D eigenvalue weighted by Crippen LogP contribution is -2.43. The number of benzene rings is 1. The van der Waals surface area contributed by atoms with E-state index in [2.05, 4.69) is 9.80 Å². The third-order valence-corrected chi connectivity index (χ3v) is 5.98. The van der Waals surface area contributed by atoms with Crippen molar-refractivity contribution in [3.05, 3.63) is 35.6 Å². The summed E-state index contributed by atoms with van der Waals surface area (Å²) >= 11 is 0. The molecule has 0 N–H and O–H groups in total. The van der Waals surface area contributed by atoms with E-state index < -0.39 is 0 Å². The predicted molar refractivity (Wildman–Crippen MR) is 100 cm³/mol. The van der Waals surface area contributed by atoms with Crippen molar-refractivity contribution >= 4 is 0 Å². The van der Waals surface area contributed by atoms with Crippen LogP contribution in [0.15, 0.2) is 24.3 Å². The van der Waals surface area contributed by atoms with Crippen molar-refractivity contribution in [3.8, 4) is 0 Å². The van der Waals surface area contributed by atoms with Crippen LogP contribution in [0.1, 0.15) is 44.1 Å². The summed E-state index contributed by atoms with van der Waals surface area (Å²) in [5.41, 5.74) is 0.827. The average molecular weight is 349 g/mol. The molecule has 1 saturated carbocycles. The maximum atomic E-state index is 13.8. The van der Waals surface area contributed by atoms with E-state index in [1.807, 2.05) is 12.1 Å². The monoisotopic (exact) mass is 348 g/mol. The molecule has 1 aromatic carbocycles. The maximum absolute atomic E-state index is 13.8. The summed E-state index contributed by atoms with van der Waals surface area (Å²) in [7, 11) is 1.80. The van der Waals surface area contributed by atoms with Gasteiger partial charge in [-0.2, -0.15) is 0 Å². The van der Waals surface area contributed by atoms with Crippen molar-refractivity contribution in [2.45, 2.75) is 51.1 Å². The molecule has 0 radical (unpaired) electrons. The fraction of sp³-hybridized carbons (Fsp3) is 0.714. The van der Waals surface area contributed by atoms with Crippen molar-refractivity contribution in [2.24, 2.45) is 5.92 Å². The van der Waals surface area contributed by atoms with Crippen LogP contribution in [0.4, 0.5) is 4.39 Å². The Bertz CT molecular complexity index is 510. The molecule has 1 heterocycles. The topological polar surface area (TPSA) is 15.7 Å². The summed E-state index contributed by atoms with van der Waals surface area (Å²) in [6.07, 6.45) is 7.94. The highest BCUT2D eigenvalue weighted by atomic mass is 19.1. The molecular formula is C21H33FN2O. The second kappa shape index (κ2) is 9.65. The van der Waals surface area contributed by atoms with Gasteiger partial charge in [0.15, 0.2) is 0 Å². The molecule has 0 unspecified atom stereocenters. The molecule has 0 bridgehead atoms. The summed E-state index contributed by atoms with van der Waals surface area (Å²) in [5.74, 6) is 0.700. The molecule has 4 heteroatoms. The zero-order valence-electron chi connectivity index (χ0n) is 15.6. The van der Waals surface area contributed by atoms with Crippen LogP contribution in [0, 0.1) is 11.7 Å². The van der Waals surface area contributed by atoms with Crippen LogP contribution in [0.2, 0.25) is 0 Å². The molecule has 1 aliphatic carbocycles. The van der Waals surface area contributed by atoms with Crippen LogP contribution < -0.4 is 0 Å². The molecule has 0 atom stereocenters. The average Bonchev–Trinajstić information content (AvgIpc) is 3.16. The second-order valence-corrected chi connectivity index (χ2v) is 7.74. The van der Waals surface area contributed by atoms with Crippen LogP contribution >= 0.6 is 0 Å². The molecule has 1 saturated heterocycles. The number of ether oxygens (including phenoxy) is 1. The van der Waals surface area contributed by atoms with Crippen LogP contribution in [-0.2, 0) is 11.3 Å². The molecule has 0 amide bonds. The normalized spacial score (nSPS) is 20.6. The Labute approximate surface area is 152 Å². The van der Waals surface area contributed by atoms with Crippen LogP contribution in [0.3, 0.4) is 0 Å². The molecule has 1 aliphatic heterocycles. The van der Waals surface area contributed by atoms with Crippen molar-refractivity contribution in [1.82, 2.24) is 9.80 Å². The maximum Gasteiger partial charge on any atom is 0.127 e. The summed E-state index contributed by atoms with van der Waals surface area (Å²) < 4.78 is 19.2. The number of likely N-dealkylation sites (tertiary alicyclic amines) is 1. The van der Waals surface area contributed by atoms with E-state index in [9.17, 15) is 4.39 Å². The zero-order valence-corrected chi connectivity index (χ0v) is 15.6. The lowest BCUT2D eigenvalue weighted by atomic mass is 9.95. The molecule has 0 aromatic heterocycles. The van der Waals surface area contributed by atoms with E-state index in [0.717, 1.165) is 50.3 Å². The molecule has 25 heavy (non-hydrogen) atoms. The molecule has 2 aliphatic rings. The van der Waals surface area contributed by atoms with Gasteiger partial charge in [-0.25, -0.2) is 4.39 Å². The standard InChI is InChI=1S/C21H33FN2O/c1-25-15-14-24(20-7-3-4-8-20)16-18-10-12-23(13-11-18)17-19-6-2-5-9-21(19)22/h2,5-6,9,18,20H,3-4,7-8,10-17H2,1H3. The van der Waals surface area contributed by atoms with Gasteiger partial charge >= 0.3 is 0 Å². The van der Waals surface area contributed by atoms with E-state index in [0.29, 0.717) is 0 Å². The fourth-order valence-corrected chi connectivity index (χ4v) is 4.43. The lowest BCUT2D eigenvalue weighted by molar-refractivity contribution is 0.0852. The quantitative estimate of drug-likeness (QED) is 0.708. The molecule has 1 aromatic rings. The van der Waals surface area contributed by atoms with Crippen LogP contribution in [0.25, 0.3) is 0 Å². The smallest absolute Gasteiger partial charge is 0.127 e. The van der Waals surface area contributed by atoms with Gasteiger partial charge in [0.1, 0.15) is 5.82 Å². The Morgan fingerprint density at radius 2 is 1.84 bits per heavy atom. The minimum absolute atomic E-state index is 0.0726. The van der Waals surface area contributed by atoms with Crippen molar-refractivity contribution < 1.29 is 9.13 Å². The molecule has 2 fully saturated rings. The van der Waals surface area contributed by atoms with Gasteiger partial charge in [0, 0.05) is 38.3 Å². The highest BCUT2D eigenvalue weighted by Crippen LogP contribution is 2.27. The van der Waals surface area contributed by atoms with Crippen molar-refractivity contribution in [2.75, 3.05) is 39.9 Å². The second-order valence-electron chi connectivity index (χ2n) is 7.74. The van der Waals surface area contributed by atoms with Crippen molar-refractivity contribution in [3.63, 3.8) is 0 Å². The van der Waals surface area contributed by atoms with Gasteiger partial charge in [0.25, 0.3) is 0 Å². The first kappa shape index (κ1) is 18.8. The van der Waals surface area contributed by atoms with E-state index >= 15 is 0 Å². The summed E-state index contributed by atoms with van der Waals surface area (Å²) in [5, 5.41) is 0. The number of rotatable bonds is 8. The first-order valence-corrected chi connectivity index (χ1v) is 9.95. The number of hydrogen-bond donors (Lipinski definition) is 0. The molecular weight excluding hydrogens is 315 g/mol. The van der Waals surface area contributed by atoms with Gasteiger partial charge in [0.2, 0.25) is 0 Å². The number of piperidine rings is 1. The van der Waals surface area contributed by atoms with Crippen molar-refractivity contribution in [1.29, 1.82) is 0 Å². The Morgan fingerprint density at radius 1 is 1.12 bits per heavy atom. The summed E-state index contributed by atoms with van der Waals surface area (Å²) in [4.78, 5) is 5.09. The highest BCUT2D eigenvalue weighted by molar-refractivity contribution is 5.17. The molecule has 140 valence electrons. The predicted octanol–water partition coefficient (Wildman–Crippen LogP) is 3.93. The van der Waals surface area contributed by atoms with Gasteiger partial charge in [-0.15, -0.1) is 0 Å². The number of halogens is 1. The van der Waals surface area contributed by atoms with E-state index in [-0.39, 0.29) is 5.82 Å². The van der Waals surface area contributed by atoms with Crippen LogP contribution in [0.5, 0.6) is 0 Å². The minimum Gasteiger partial charge on any atom is -0.383 e. The first-order chi connectivity index (χ1) is 12.3. The Hall–Kier alpha value is -0.970. The first-order valence-electron chi connectivity index (χ1n) is 9.95. The van der Waals surface area contributed by atoms with Gasteiger partial charge in [-0.3, -0.25) is 9.80 Å².